The third-order valence-electron chi connectivity index (χ3n) is 4.97. The number of nitrogens with one attached hydrogen (secondary N) is 1. The average molecular weight is 446 g/mol. The number of ether oxygens (including phenoxy) is 1. The Bertz CT molecular complexity index is 920. The summed E-state index contributed by atoms with van der Waals surface area (Å²) in [5, 5.41) is 10.5. The van der Waals surface area contributed by atoms with E-state index in [9.17, 15) is 0 Å². The SMILES string of the molecule is S=C1N[C@@]2(CCS1)Oc1ccc(Br)cc1[C@H]1CC(c3ccccc3)=NN12. The summed E-state index contributed by atoms with van der Waals surface area (Å²) >= 11 is 10.7. The number of benzene rings is 2. The second-order valence-corrected chi connectivity index (χ2v) is 9.24. The zero-order chi connectivity index (χ0) is 17.7. The molecule has 1 spiro atoms. The number of thiocarbonyl (C=S) groups is 1. The molecule has 1 N–H and O–H groups in total. The number of rotatable bonds is 1. The van der Waals surface area contributed by atoms with Crippen LogP contribution in [0.1, 0.15) is 30.0 Å². The van der Waals surface area contributed by atoms with E-state index >= 15 is 0 Å². The largest absolute Gasteiger partial charge is 0.448 e. The van der Waals surface area contributed by atoms with E-state index in [2.05, 4.69) is 56.6 Å². The molecule has 0 aliphatic carbocycles. The van der Waals surface area contributed by atoms with E-state index in [0.717, 1.165) is 50.0 Å². The first-order chi connectivity index (χ1) is 12.6. The Labute approximate surface area is 170 Å². The summed E-state index contributed by atoms with van der Waals surface area (Å²) in [6.45, 7) is 0. The van der Waals surface area contributed by atoms with E-state index in [-0.39, 0.29) is 6.04 Å². The van der Waals surface area contributed by atoms with Gasteiger partial charge in [0.05, 0.1) is 11.8 Å². The smallest absolute Gasteiger partial charge is 0.278 e. The van der Waals surface area contributed by atoms with Crippen molar-refractivity contribution in [3.63, 3.8) is 0 Å². The molecule has 3 aliphatic rings. The van der Waals surface area contributed by atoms with Crippen LogP contribution in [0.3, 0.4) is 0 Å². The molecule has 5 rings (SSSR count). The molecule has 0 saturated carbocycles. The Morgan fingerprint density at radius 2 is 2.12 bits per heavy atom. The maximum Gasteiger partial charge on any atom is 0.278 e. The van der Waals surface area contributed by atoms with Gasteiger partial charge < -0.3 is 10.1 Å². The Morgan fingerprint density at radius 1 is 1.27 bits per heavy atom. The van der Waals surface area contributed by atoms with Gasteiger partial charge in [0.2, 0.25) is 0 Å². The molecule has 7 heteroatoms. The number of hydrogen-bond acceptors (Lipinski definition) is 5. The molecule has 3 aliphatic heterocycles. The van der Waals surface area contributed by atoms with Gasteiger partial charge in [-0.25, -0.2) is 5.01 Å². The van der Waals surface area contributed by atoms with Crippen LogP contribution in [0.2, 0.25) is 0 Å². The van der Waals surface area contributed by atoms with E-state index in [4.69, 9.17) is 22.1 Å². The highest BCUT2D eigenvalue weighted by Gasteiger charge is 2.52. The summed E-state index contributed by atoms with van der Waals surface area (Å²) in [6, 6.07) is 16.7. The van der Waals surface area contributed by atoms with E-state index in [1.54, 1.807) is 11.8 Å². The van der Waals surface area contributed by atoms with E-state index < -0.39 is 5.85 Å². The zero-order valence-electron chi connectivity index (χ0n) is 13.8. The van der Waals surface area contributed by atoms with Gasteiger partial charge in [-0.2, -0.15) is 5.10 Å². The van der Waals surface area contributed by atoms with Crippen LogP contribution in [-0.4, -0.2) is 26.6 Å². The molecular formula is C19H16BrN3OS2. The van der Waals surface area contributed by atoms with Gasteiger partial charge in [-0.3, -0.25) is 0 Å². The first-order valence-electron chi connectivity index (χ1n) is 8.50. The van der Waals surface area contributed by atoms with Crippen LogP contribution < -0.4 is 10.1 Å². The zero-order valence-corrected chi connectivity index (χ0v) is 17.0. The number of thioether (sulfide) groups is 1. The van der Waals surface area contributed by atoms with Gasteiger partial charge in [-0.05, 0) is 23.8 Å². The number of hydrogen-bond donors (Lipinski definition) is 1. The molecule has 2 atom stereocenters. The molecule has 0 bridgehead atoms. The van der Waals surface area contributed by atoms with Gasteiger partial charge in [0.1, 0.15) is 10.1 Å². The van der Waals surface area contributed by atoms with Crippen LogP contribution in [0.15, 0.2) is 58.1 Å². The topological polar surface area (TPSA) is 36.9 Å². The van der Waals surface area contributed by atoms with Crippen molar-refractivity contribution in [2.75, 3.05) is 5.75 Å². The van der Waals surface area contributed by atoms with Crippen molar-refractivity contribution in [1.29, 1.82) is 0 Å². The van der Waals surface area contributed by atoms with E-state index in [0.29, 0.717) is 0 Å². The van der Waals surface area contributed by atoms with Crippen LogP contribution in [-0.2, 0) is 0 Å². The molecule has 0 amide bonds. The first-order valence-corrected chi connectivity index (χ1v) is 10.7. The molecule has 3 heterocycles. The summed E-state index contributed by atoms with van der Waals surface area (Å²) < 4.78 is 8.28. The summed E-state index contributed by atoms with van der Waals surface area (Å²) in [6.07, 6.45) is 1.66. The fraction of sp³-hybridized carbons (Fsp3) is 0.263. The highest BCUT2D eigenvalue weighted by atomic mass is 79.9. The van der Waals surface area contributed by atoms with Gasteiger partial charge >= 0.3 is 0 Å². The van der Waals surface area contributed by atoms with Gasteiger partial charge in [0.15, 0.2) is 0 Å². The van der Waals surface area contributed by atoms with Crippen molar-refractivity contribution in [2.24, 2.45) is 5.10 Å². The number of hydrazone groups is 1. The van der Waals surface area contributed by atoms with Crippen molar-refractivity contribution in [3.05, 3.63) is 64.1 Å². The molecule has 4 nitrogen and oxygen atoms in total. The lowest BCUT2D eigenvalue weighted by atomic mass is 9.95. The van der Waals surface area contributed by atoms with Crippen LogP contribution in [0.5, 0.6) is 5.75 Å². The number of halogens is 1. The molecule has 26 heavy (non-hydrogen) atoms. The molecule has 2 aromatic carbocycles. The monoisotopic (exact) mass is 445 g/mol. The minimum atomic E-state index is -0.704. The molecule has 132 valence electrons. The lowest BCUT2D eigenvalue weighted by Gasteiger charge is -2.49. The Balaban J connectivity index is 1.63. The molecule has 0 radical (unpaired) electrons. The van der Waals surface area contributed by atoms with Gasteiger partial charge in [-0.1, -0.05) is 70.2 Å². The number of fused-ring (bicyclic) bond motifs is 4. The highest BCUT2D eigenvalue weighted by molar-refractivity contribution is 9.10. The second kappa shape index (κ2) is 6.25. The van der Waals surface area contributed by atoms with Crippen LogP contribution in [0, 0.1) is 0 Å². The predicted molar refractivity (Wildman–Crippen MR) is 112 cm³/mol. The van der Waals surface area contributed by atoms with Crippen molar-refractivity contribution in [3.8, 4) is 5.75 Å². The van der Waals surface area contributed by atoms with Crippen LogP contribution >= 0.6 is 39.9 Å². The van der Waals surface area contributed by atoms with Crippen LogP contribution in [0.25, 0.3) is 0 Å². The van der Waals surface area contributed by atoms with Crippen LogP contribution in [0.4, 0.5) is 0 Å². The quantitative estimate of drug-likeness (QED) is 0.646. The predicted octanol–water partition coefficient (Wildman–Crippen LogP) is 4.66. The molecular weight excluding hydrogens is 430 g/mol. The third kappa shape index (κ3) is 2.64. The summed E-state index contributed by atoms with van der Waals surface area (Å²) in [7, 11) is 0. The standard InChI is InChI=1S/C19H16BrN3OS2/c20-13-6-7-17-14(10-13)16-11-15(12-4-2-1-3-5-12)22-23(16)19(24-17)8-9-26-18(25)21-19/h1-7,10,16H,8-9,11H2,(H,21,25)/t16-,19-/m1/s1. The lowest BCUT2D eigenvalue weighted by Crippen LogP contribution is -2.65. The lowest BCUT2D eigenvalue weighted by molar-refractivity contribution is -0.132. The van der Waals surface area contributed by atoms with Gasteiger partial charge in [0.25, 0.3) is 5.85 Å². The molecule has 1 fully saturated rings. The molecule has 1 saturated heterocycles. The summed E-state index contributed by atoms with van der Waals surface area (Å²) in [5.74, 6) is 1.11. The second-order valence-electron chi connectivity index (χ2n) is 6.56. The molecule has 0 unspecified atom stereocenters. The first kappa shape index (κ1) is 16.6. The summed E-state index contributed by atoms with van der Waals surface area (Å²) in [4.78, 5) is 0. The maximum absolute atomic E-state index is 6.47. The van der Waals surface area contributed by atoms with E-state index in [1.165, 1.54) is 0 Å². The van der Waals surface area contributed by atoms with Gasteiger partial charge in [-0.15, -0.1) is 0 Å². The van der Waals surface area contributed by atoms with Crippen molar-refractivity contribution in [1.82, 2.24) is 10.3 Å². The number of nitrogens with zero attached hydrogens (tertiary/aromatic N) is 2. The minimum absolute atomic E-state index is 0.129. The normalized spacial score (nSPS) is 26.7. The Hall–Kier alpha value is -1.57. The van der Waals surface area contributed by atoms with Crippen molar-refractivity contribution >= 4 is 49.9 Å². The molecule has 2 aromatic rings. The third-order valence-corrected chi connectivity index (χ3v) is 6.69. The molecule has 0 aromatic heterocycles. The van der Waals surface area contributed by atoms with E-state index in [1.807, 2.05) is 18.2 Å². The van der Waals surface area contributed by atoms with Crippen molar-refractivity contribution < 1.29 is 4.74 Å². The average Bonchev–Trinajstić information content (AvgIpc) is 3.10. The minimum Gasteiger partial charge on any atom is -0.448 e. The highest BCUT2D eigenvalue weighted by Crippen LogP contribution is 2.48. The maximum atomic E-state index is 6.47. The van der Waals surface area contributed by atoms with Gasteiger partial charge in [0, 0.05) is 28.6 Å². The fourth-order valence-corrected chi connectivity index (χ4v) is 5.36. The Kier molecular flexibility index (Phi) is 3.99. The summed E-state index contributed by atoms with van der Waals surface area (Å²) in [5.41, 5.74) is 3.39. The Morgan fingerprint density at radius 3 is 2.92 bits per heavy atom. The van der Waals surface area contributed by atoms with Crippen molar-refractivity contribution in [2.45, 2.75) is 24.7 Å². The fourth-order valence-electron chi connectivity index (χ4n) is 3.78.